The van der Waals surface area contributed by atoms with Crippen LogP contribution in [0.5, 0.6) is 5.75 Å². The molecule has 0 radical (unpaired) electrons. The zero-order valence-corrected chi connectivity index (χ0v) is 12.5. The number of ether oxygens (including phenoxy) is 1. The third-order valence-electron chi connectivity index (χ3n) is 3.62. The SMILES string of the molecule is O=Cc1c(-c2ccc3c(c2)NC(=O)CO3)nc2ccc(Cl)cn12. The molecule has 3 heterocycles. The predicted octanol–water partition coefficient (Wildman–Crippen LogP) is 2.80. The summed E-state index contributed by atoms with van der Waals surface area (Å²) in [5.41, 5.74) is 2.79. The molecule has 1 aliphatic heterocycles. The maximum atomic E-state index is 11.5. The molecular formula is C16H10ClN3O3. The molecule has 1 N–H and O–H groups in total. The van der Waals surface area contributed by atoms with Gasteiger partial charge in [0, 0.05) is 11.8 Å². The van der Waals surface area contributed by atoms with Crippen LogP contribution in [-0.4, -0.2) is 28.2 Å². The van der Waals surface area contributed by atoms with Gasteiger partial charge in [-0.05, 0) is 30.3 Å². The van der Waals surface area contributed by atoms with Crippen molar-refractivity contribution >= 4 is 35.1 Å². The molecule has 6 nitrogen and oxygen atoms in total. The number of nitrogens with one attached hydrogen (secondary N) is 1. The van der Waals surface area contributed by atoms with Crippen LogP contribution in [0, 0.1) is 0 Å². The lowest BCUT2D eigenvalue weighted by Gasteiger charge is -2.18. The molecule has 1 aliphatic rings. The number of pyridine rings is 1. The Bertz CT molecular complexity index is 965. The first kappa shape index (κ1) is 13.8. The number of carbonyl (C=O) groups excluding carboxylic acids is 2. The van der Waals surface area contributed by atoms with Gasteiger partial charge in [0.2, 0.25) is 0 Å². The van der Waals surface area contributed by atoms with Crippen LogP contribution >= 0.6 is 11.6 Å². The Morgan fingerprint density at radius 3 is 3.00 bits per heavy atom. The number of aromatic nitrogens is 2. The van der Waals surface area contributed by atoms with Gasteiger partial charge in [-0.25, -0.2) is 4.98 Å². The van der Waals surface area contributed by atoms with E-state index in [1.807, 2.05) is 0 Å². The van der Waals surface area contributed by atoms with Gasteiger partial charge in [0.15, 0.2) is 12.9 Å². The van der Waals surface area contributed by atoms with Gasteiger partial charge in [0.1, 0.15) is 22.8 Å². The Morgan fingerprint density at radius 1 is 1.30 bits per heavy atom. The van der Waals surface area contributed by atoms with E-state index in [0.717, 1.165) is 6.29 Å². The van der Waals surface area contributed by atoms with E-state index >= 15 is 0 Å². The molecule has 114 valence electrons. The van der Waals surface area contributed by atoms with Crippen LogP contribution in [-0.2, 0) is 4.79 Å². The number of amides is 1. The molecule has 0 saturated heterocycles. The fourth-order valence-electron chi connectivity index (χ4n) is 2.59. The third-order valence-corrected chi connectivity index (χ3v) is 3.84. The van der Waals surface area contributed by atoms with Crippen LogP contribution in [0.2, 0.25) is 5.02 Å². The van der Waals surface area contributed by atoms with E-state index < -0.39 is 0 Å². The summed E-state index contributed by atoms with van der Waals surface area (Å²) in [5, 5.41) is 3.25. The van der Waals surface area contributed by atoms with E-state index in [0.29, 0.717) is 39.1 Å². The number of aldehydes is 1. The van der Waals surface area contributed by atoms with Crippen molar-refractivity contribution in [2.24, 2.45) is 0 Å². The monoisotopic (exact) mass is 327 g/mol. The fraction of sp³-hybridized carbons (Fsp3) is 0.0625. The Morgan fingerprint density at radius 2 is 2.17 bits per heavy atom. The van der Waals surface area contributed by atoms with Gasteiger partial charge in [-0.2, -0.15) is 0 Å². The number of hydrogen-bond acceptors (Lipinski definition) is 4. The van der Waals surface area contributed by atoms with Crippen molar-refractivity contribution in [1.29, 1.82) is 0 Å². The van der Waals surface area contributed by atoms with Crippen molar-refractivity contribution in [3.63, 3.8) is 0 Å². The average Bonchev–Trinajstić information content (AvgIpc) is 2.91. The molecular weight excluding hydrogens is 318 g/mol. The van der Waals surface area contributed by atoms with Crippen LogP contribution in [0.4, 0.5) is 5.69 Å². The molecule has 0 bridgehead atoms. The Hall–Kier alpha value is -2.86. The van der Waals surface area contributed by atoms with Crippen LogP contribution < -0.4 is 10.1 Å². The van der Waals surface area contributed by atoms with E-state index in [1.54, 1.807) is 40.9 Å². The van der Waals surface area contributed by atoms with Crippen molar-refractivity contribution in [3.05, 3.63) is 47.2 Å². The molecule has 0 atom stereocenters. The first-order valence-electron chi connectivity index (χ1n) is 6.85. The van der Waals surface area contributed by atoms with Crippen molar-refractivity contribution in [2.75, 3.05) is 11.9 Å². The maximum Gasteiger partial charge on any atom is 0.262 e. The minimum Gasteiger partial charge on any atom is -0.482 e. The van der Waals surface area contributed by atoms with E-state index in [-0.39, 0.29) is 12.5 Å². The molecule has 3 aromatic rings. The van der Waals surface area contributed by atoms with Crippen molar-refractivity contribution in [3.8, 4) is 17.0 Å². The number of hydrogen-bond donors (Lipinski definition) is 1. The summed E-state index contributed by atoms with van der Waals surface area (Å²) < 4.78 is 6.97. The molecule has 2 aromatic heterocycles. The Balaban J connectivity index is 1.90. The smallest absolute Gasteiger partial charge is 0.262 e. The number of nitrogens with zero attached hydrogens (tertiary/aromatic N) is 2. The van der Waals surface area contributed by atoms with E-state index in [4.69, 9.17) is 16.3 Å². The van der Waals surface area contributed by atoms with Gasteiger partial charge in [-0.3, -0.25) is 14.0 Å². The number of fused-ring (bicyclic) bond motifs is 2. The van der Waals surface area contributed by atoms with Gasteiger partial charge in [0.25, 0.3) is 5.91 Å². The van der Waals surface area contributed by atoms with Gasteiger partial charge in [-0.15, -0.1) is 0 Å². The van der Waals surface area contributed by atoms with E-state index in [2.05, 4.69) is 10.3 Å². The van der Waals surface area contributed by atoms with Gasteiger partial charge < -0.3 is 10.1 Å². The maximum absolute atomic E-state index is 11.5. The molecule has 1 aromatic carbocycles. The summed E-state index contributed by atoms with van der Waals surface area (Å²) in [4.78, 5) is 27.5. The molecule has 0 saturated carbocycles. The lowest BCUT2D eigenvalue weighted by Crippen LogP contribution is -2.25. The summed E-state index contributed by atoms with van der Waals surface area (Å²) in [6, 6.07) is 8.73. The molecule has 23 heavy (non-hydrogen) atoms. The second kappa shape index (κ2) is 5.10. The number of anilines is 1. The number of rotatable bonds is 2. The molecule has 7 heteroatoms. The average molecular weight is 328 g/mol. The third kappa shape index (κ3) is 2.24. The lowest BCUT2D eigenvalue weighted by atomic mass is 10.1. The molecule has 0 fully saturated rings. The molecule has 0 spiro atoms. The quantitative estimate of drug-likeness (QED) is 0.735. The zero-order valence-electron chi connectivity index (χ0n) is 11.7. The van der Waals surface area contributed by atoms with Crippen LogP contribution in [0.15, 0.2) is 36.5 Å². The molecule has 4 rings (SSSR count). The summed E-state index contributed by atoms with van der Waals surface area (Å²) >= 11 is 5.99. The molecule has 0 aliphatic carbocycles. The second-order valence-corrected chi connectivity index (χ2v) is 5.52. The summed E-state index contributed by atoms with van der Waals surface area (Å²) in [6.45, 7) is -0.00119. The van der Waals surface area contributed by atoms with Crippen molar-refractivity contribution < 1.29 is 14.3 Å². The second-order valence-electron chi connectivity index (χ2n) is 5.09. The number of halogens is 1. The van der Waals surface area contributed by atoms with Crippen molar-refractivity contribution in [2.45, 2.75) is 0 Å². The summed E-state index contributed by atoms with van der Waals surface area (Å²) in [7, 11) is 0. The topological polar surface area (TPSA) is 72.7 Å². The number of benzene rings is 1. The lowest BCUT2D eigenvalue weighted by molar-refractivity contribution is -0.118. The first-order valence-corrected chi connectivity index (χ1v) is 7.23. The van der Waals surface area contributed by atoms with Crippen LogP contribution in [0.1, 0.15) is 10.5 Å². The largest absolute Gasteiger partial charge is 0.482 e. The predicted molar refractivity (Wildman–Crippen MR) is 85.2 cm³/mol. The van der Waals surface area contributed by atoms with Crippen molar-refractivity contribution in [1.82, 2.24) is 9.38 Å². The minimum atomic E-state index is -0.216. The highest BCUT2D eigenvalue weighted by Crippen LogP contribution is 2.33. The first-order chi connectivity index (χ1) is 11.2. The Labute approximate surface area is 135 Å². The minimum absolute atomic E-state index is 0.00119. The van der Waals surface area contributed by atoms with Gasteiger partial charge >= 0.3 is 0 Å². The number of carbonyl (C=O) groups is 2. The molecule has 0 unspecified atom stereocenters. The van der Waals surface area contributed by atoms with Crippen LogP contribution in [0.25, 0.3) is 16.9 Å². The molecule has 1 amide bonds. The summed E-state index contributed by atoms with van der Waals surface area (Å²) in [5.74, 6) is 0.375. The normalized spacial score (nSPS) is 13.3. The fourth-order valence-corrected chi connectivity index (χ4v) is 2.75. The van der Waals surface area contributed by atoms with Gasteiger partial charge in [-0.1, -0.05) is 11.6 Å². The highest BCUT2D eigenvalue weighted by atomic mass is 35.5. The van der Waals surface area contributed by atoms with E-state index in [9.17, 15) is 9.59 Å². The van der Waals surface area contributed by atoms with E-state index in [1.165, 1.54) is 0 Å². The highest BCUT2D eigenvalue weighted by molar-refractivity contribution is 6.30. The Kier molecular flexibility index (Phi) is 3.06. The number of imidazole rings is 1. The van der Waals surface area contributed by atoms with Gasteiger partial charge in [0.05, 0.1) is 10.7 Å². The van der Waals surface area contributed by atoms with Crippen LogP contribution in [0.3, 0.4) is 0 Å². The standard InChI is InChI=1S/C16H10ClN3O3/c17-10-2-4-14-19-16(12(7-21)20(14)6-10)9-1-3-13-11(5-9)18-15(22)8-23-13/h1-7H,8H2,(H,18,22). The highest BCUT2D eigenvalue weighted by Gasteiger charge is 2.19. The summed E-state index contributed by atoms with van der Waals surface area (Å²) in [6.07, 6.45) is 2.38. The zero-order chi connectivity index (χ0) is 16.0.